The van der Waals surface area contributed by atoms with E-state index in [9.17, 15) is 4.79 Å². The molecule has 1 saturated carbocycles. The molecule has 22 heavy (non-hydrogen) atoms. The van der Waals surface area contributed by atoms with Crippen molar-refractivity contribution in [2.24, 2.45) is 0 Å². The van der Waals surface area contributed by atoms with Crippen LogP contribution in [-0.2, 0) is 19.6 Å². The van der Waals surface area contributed by atoms with Crippen LogP contribution in [-0.4, -0.2) is 51.1 Å². The molecule has 2 aliphatic rings. The third kappa shape index (κ3) is 3.43. The average Bonchev–Trinajstić information content (AvgIpc) is 3.25. The van der Waals surface area contributed by atoms with E-state index >= 15 is 0 Å². The molecule has 0 atom stereocenters. The number of imidazole rings is 1. The zero-order chi connectivity index (χ0) is 15.7. The molecular weight excluding hydrogens is 278 g/mol. The van der Waals surface area contributed by atoms with Crippen LogP contribution in [0.5, 0.6) is 0 Å². The highest BCUT2D eigenvalue weighted by Gasteiger charge is 2.28. The van der Waals surface area contributed by atoms with Crippen LogP contribution in [0.25, 0.3) is 0 Å². The van der Waals surface area contributed by atoms with Crippen LogP contribution in [0.4, 0.5) is 4.79 Å². The number of fused-ring (bicyclic) bond motifs is 1. The highest BCUT2D eigenvalue weighted by molar-refractivity contribution is 5.74. The lowest BCUT2D eigenvalue weighted by Gasteiger charge is -2.23. The standard InChI is InChI=1S/C16H27N5O/c1-12(2)19(3)9-14-15-10-20(16(22)18-13-5-6-13)7-4-8-21(15)11-17-14/h11-13H,4-10H2,1-3H3,(H,18,22). The van der Waals surface area contributed by atoms with Crippen molar-refractivity contribution in [3.8, 4) is 0 Å². The zero-order valence-electron chi connectivity index (χ0n) is 13.9. The van der Waals surface area contributed by atoms with E-state index in [1.807, 2.05) is 11.2 Å². The smallest absolute Gasteiger partial charge is 0.317 e. The van der Waals surface area contributed by atoms with Crippen molar-refractivity contribution in [2.75, 3.05) is 13.6 Å². The second-order valence-electron chi connectivity index (χ2n) is 6.84. The van der Waals surface area contributed by atoms with Gasteiger partial charge < -0.3 is 14.8 Å². The predicted octanol–water partition coefficient (Wildman–Crippen LogP) is 1.80. The Morgan fingerprint density at radius 2 is 2.23 bits per heavy atom. The van der Waals surface area contributed by atoms with Crippen molar-refractivity contribution < 1.29 is 4.79 Å². The minimum absolute atomic E-state index is 0.0836. The van der Waals surface area contributed by atoms with Crippen LogP contribution in [0.1, 0.15) is 44.5 Å². The summed E-state index contributed by atoms with van der Waals surface area (Å²) in [5, 5.41) is 3.10. The predicted molar refractivity (Wildman–Crippen MR) is 85.4 cm³/mol. The molecule has 2 amide bonds. The molecular formula is C16H27N5O. The lowest BCUT2D eigenvalue weighted by atomic mass is 10.2. The molecule has 1 aliphatic carbocycles. The molecule has 2 heterocycles. The normalized spacial score (nSPS) is 18.5. The number of aryl methyl sites for hydroxylation is 1. The Morgan fingerprint density at radius 1 is 1.45 bits per heavy atom. The van der Waals surface area contributed by atoms with Crippen LogP contribution < -0.4 is 5.32 Å². The summed E-state index contributed by atoms with van der Waals surface area (Å²) < 4.78 is 2.22. The van der Waals surface area contributed by atoms with E-state index in [0.717, 1.165) is 44.6 Å². The Balaban J connectivity index is 1.72. The molecule has 6 heteroatoms. The minimum atomic E-state index is 0.0836. The van der Waals surface area contributed by atoms with E-state index in [1.54, 1.807) is 0 Å². The van der Waals surface area contributed by atoms with Gasteiger partial charge in [-0.25, -0.2) is 9.78 Å². The number of amides is 2. The molecule has 0 spiro atoms. The van der Waals surface area contributed by atoms with E-state index < -0.39 is 0 Å². The SMILES string of the molecule is CC(C)N(C)Cc1ncn2c1CN(C(=O)NC1CC1)CCC2. The fraction of sp³-hybridized carbons (Fsp3) is 0.750. The third-order valence-electron chi connectivity index (χ3n) is 4.67. The van der Waals surface area contributed by atoms with Crippen LogP contribution in [0.2, 0.25) is 0 Å². The number of rotatable bonds is 4. The van der Waals surface area contributed by atoms with Gasteiger partial charge in [-0.3, -0.25) is 4.90 Å². The molecule has 0 bridgehead atoms. The highest BCUT2D eigenvalue weighted by atomic mass is 16.2. The second kappa shape index (κ2) is 6.28. The van der Waals surface area contributed by atoms with E-state index in [0.29, 0.717) is 18.6 Å². The number of nitrogens with zero attached hydrogens (tertiary/aromatic N) is 4. The van der Waals surface area contributed by atoms with E-state index in [2.05, 4.69) is 40.7 Å². The number of carbonyl (C=O) groups excluding carboxylic acids is 1. The van der Waals surface area contributed by atoms with Crippen LogP contribution >= 0.6 is 0 Å². The lowest BCUT2D eigenvalue weighted by Crippen LogP contribution is -2.40. The molecule has 122 valence electrons. The van der Waals surface area contributed by atoms with E-state index in [4.69, 9.17) is 0 Å². The van der Waals surface area contributed by atoms with Crippen LogP contribution in [0.3, 0.4) is 0 Å². The topological polar surface area (TPSA) is 53.4 Å². The van der Waals surface area contributed by atoms with Crippen molar-refractivity contribution in [2.45, 2.75) is 64.8 Å². The van der Waals surface area contributed by atoms with Crippen molar-refractivity contribution >= 4 is 6.03 Å². The zero-order valence-corrected chi connectivity index (χ0v) is 13.9. The van der Waals surface area contributed by atoms with Gasteiger partial charge in [-0.15, -0.1) is 0 Å². The summed E-state index contributed by atoms with van der Waals surface area (Å²) in [6, 6.07) is 0.977. The molecule has 1 N–H and O–H groups in total. The summed E-state index contributed by atoms with van der Waals surface area (Å²) >= 11 is 0. The van der Waals surface area contributed by atoms with Gasteiger partial charge in [-0.05, 0) is 40.2 Å². The van der Waals surface area contributed by atoms with Gasteiger partial charge in [0, 0.05) is 31.7 Å². The van der Waals surface area contributed by atoms with E-state index in [1.165, 1.54) is 5.69 Å². The summed E-state index contributed by atoms with van der Waals surface area (Å²) in [5.74, 6) is 0. The maximum atomic E-state index is 12.3. The first-order chi connectivity index (χ1) is 10.5. The van der Waals surface area contributed by atoms with Gasteiger partial charge in [0.1, 0.15) is 0 Å². The number of urea groups is 1. The van der Waals surface area contributed by atoms with Crippen LogP contribution in [0, 0.1) is 0 Å². The third-order valence-corrected chi connectivity index (χ3v) is 4.67. The maximum Gasteiger partial charge on any atom is 0.317 e. The average molecular weight is 305 g/mol. The van der Waals surface area contributed by atoms with Gasteiger partial charge >= 0.3 is 6.03 Å². The summed E-state index contributed by atoms with van der Waals surface area (Å²) in [4.78, 5) is 21.2. The van der Waals surface area contributed by atoms with Crippen molar-refractivity contribution in [1.82, 2.24) is 24.7 Å². The molecule has 0 radical (unpaired) electrons. The highest BCUT2D eigenvalue weighted by Crippen LogP contribution is 2.21. The fourth-order valence-corrected chi connectivity index (χ4v) is 2.73. The van der Waals surface area contributed by atoms with Gasteiger partial charge in [0.25, 0.3) is 0 Å². The number of carbonyl (C=O) groups is 1. The first-order valence-corrected chi connectivity index (χ1v) is 8.33. The summed E-state index contributed by atoms with van der Waals surface area (Å²) in [7, 11) is 2.12. The Labute approximate surface area is 132 Å². The monoisotopic (exact) mass is 305 g/mol. The second-order valence-corrected chi connectivity index (χ2v) is 6.84. The van der Waals surface area contributed by atoms with Gasteiger partial charge in [0.2, 0.25) is 0 Å². The number of hydrogen-bond donors (Lipinski definition) is 1. The quantitative estimate of drug-likeness (QED) is 0.923. The fourth-order valence-electron chi connectivity index (χ4n) is 2.73. The molecule has 3 rings (SSSR count). The first-order valence-electron chi connectivity index (χ1n) is 8.33. The molecule has 1 aromatic heterocycles. The van der Waals surface area contributed by atoms with Crippen LogP contribution in [0.15, 0.2) is 6.33 Å². The first kappa shape index (κ1) is 15.3. The van der Waals surface area contributed by atoms with E-state index in [-0.39, 0.29) is 6.03 Å². The number of hydrogen-bond acceptors (Lipinski definition) is 3. The van der Waals surface area contributed by atoms with Gasteiger partial charge in [-0.1, -0.05) is 0 Å². The number of aromatic nitrogens is 2. The molecule has 0 aromatic carbocycles. The summed E-state index contributed by atoms with van der Waals surface area (Å²) in [6.07, 6.45) is 5.17. The maximum absolute atomic E-state index is 12.3. The number of nitrogens with one attached hydrogen (secondary N) is 1. The molecule has 6 nitrogen and oxygen atoms in total. The Hall–Kier alpha value is -1.56. The molecule has 1 aliphatic heterocycles. The van der Waals surface area contributed by atoms with Crippen molar-refractivity contribution in [3.05, 3.63) is 17.7 Å². The van der Waals surface area contributed by atoms with Gasteiger partial charge in [-0.2, -0.15) is 0 Å². The van der Waals surface area contributed by atoms with Gasteiger partial charge in [0.15, 0.2) is 0 Å². The van der Waals surface area contributed by atoms with Crippen molar-refractivity contribution in [3.63, 3.8) is 0 Å². The Morgan fingerprint density at radius 3 is 2.91 bits per heavy atom. The minimum Gasteiger partial charge on any atom is -0.335 e. The largest absolute Gasteiger partial charge is 0.335 e. The van der Waals surface area contributed by atoms with Crippen molar-refractivity contribution in [1.29, 1.82) is 0 Å². The van der Waals surface area contributed by atoms with Gasteiger partial charge in [0.05, 0.1) is 24.3 Å². The lowest BCUT2D eigenvalue weighted by molar-refractivity contribution is 0.195. The summed E-state index contributed by atoms with van der Waals surface area (Å²) in [5.41, 5.74) is 2.29. The molecule has 1 aromatic rings. The molecule has 0 saturated heterocycles. The molecule has 0 unspecified atom stereocenters. The summed E-state index contributed by atoms with van der Waals surface area (Å²) in [6.45, 7) is 7.63. The Kier molecular flexibility index (Phi) is 4.38. The molecule has 1 fully saturated rings. The Bertz CT molecular complexity index is 535.